The Labute approximate surface area is 215 Å². The molecule has 5 rings (SSSR count). The van der Waals surface area contributed by atoms with E-state index in [4.69, 9.17) is 14.2 Å². The van der Waals surface area contributed by atoms with Gasteiger partial charge in [0.1, 0.15) is 22.8 Å². The Hall–Kier alpha value is -3.18. The van der Waals surface area contributed by atoms with Gasteiger partial charge in [-0.05, 0) is 62.1 Å². The van der Waals surface area contributed by atoms with Gasteiger partial charge in [-0.1, -0.05) is 42.5 Å². The molecule has 1 fully saturated rings. The second-order valence-electron chi connectivity index (χ2n) is 9.90. The molecule has 2 aliphatic heterocycles. The lowest BCUT2D eigenvalue weighted by atomic mass is 9.87. The molecule has 190 valence electrons. The van der Waals surface area contributed by atoms with Crippen molar-refractivity contribution < 1.29 is 14.2 Å². The molecular weight excluding hydrogens is 448 g/mol. The van der Waals surface area contributed by atoms with Gasteiger partial charge in [0.25, 0.3) is 0 Å². The van der Waals surface area contributed by atoms with Crippen molar-refractivity contribution in [2.24, 2.45) is 0 Å². The lowest BCUT2D eigenvalue weighted by Gasteiger charge is -2.41. The van der Waals surface area contributed by atoms with Crippen LogP contribution in [-0.2, 0) is 13.0 Å². The van der Waals surface area contributed by atoms with E-state index in [-0.39, 0.29) is 5.60 Å². The van der Waals surface area contributed by atoms with E-state index in [2.05, 4.69) is 76.5 Å². The largest absolute Gasteiger partial charge is 0.497 e. The quantitative estimate of drug-likeness (QED) is 0.392. The van der Waals surface area contributed by atoms with Crippen molar-refractivity contribution >= 4 is 5.69 Å². The first-order valence-electron chi connectivity index (χ1n) is 13.3. The lowest BCUT2D eigenvalue weighted by Crippen LogP contribution is -2.49. The van der Waals surface area contributed by atoms with Crippen LogP contribution in [0.5, 0.6) is 17.2 Å². The summed E-state index contributed by atoms with van der Waals surface area (Å²) in [6.45, 7) is 7.74. The highest BCUT2D eigenvalue weighted by Crippen LogP contribution is 2.41. The van der Waals surface area contributed by atoms with E-state index in [1.807, 2.05) is 13.0 Å². The predicted octanol–water partition coefficient (Wildman–Crippen LogP) is 5.96. The zero-order valence-electron chi connectivity index (χ0n) is 21.6. The molecule has 5 nitrogen and oxygen atoms in total. The Bertz CT molecular complexity index is 1120. The standard InChI is InChI=1S/C31H38N2O3/c1-3-35-29-10-6-4-8-26(29)24-33-23-19-31(36-30-11-7-5-9-28(30)33)17-21-32(22-18-31)20-16-25-12-14-27(34-2)15-13-25/h4-15H,3,16-24H2,1-2H3. The number of fused-ring (bicyclic) bond motifs is 1. The monoisotopic (exact) mass is 486 g/mol. The van der Waals surface area contributed by atoms with Gasteiger partial charge in [0.05, 0.1) is 19.4 Å². The number of rotatable bonds is 8. The molecule has 1 spiro atoms. The van der Waals surface area contributed by atoms with Gasteiger partial charge in [0.2, 0.25) is 0 Å². The van der Waals surface area contributed by atoms with Gasteiger partial charge in [-0.15, -0.1) is 0 Å². The molecule has 0 amide bonds. The van der Waals surface area contributed by atoms with E-state index in [1.54, 1.807) is 7.11 Å². The second-order valence-corrected chi connectivity index (χ2v) is 9.90. The van der Waals surface area contributed by atoms with Gasteiger partial charge in [-0.3, -0.25) is 0 Å². The Morgan fingerprint density at radius 3 is 2.36 bits per heavy atom. The minimum atomic E-state index is -0.0963. The second kappa shape index (κ2) is 11.3. The van der Waals surface area contributed by atoms with Gasteiger partial charge in [0.15, 0.2) is 0 Å². The summed E-state index contributed by atoms with van der Waals surface area (Å²) in [4.78, 5) is 5.06. The molecule has 0 aliphatic carbocycles. The molecule has 5 heteroatoms. The van der Waals surface area contributed by atoms with Crippen LogP contribution in [0.4, 0.5) is 5.69 Å². The van der Waals surface area contributed by atoms with Crippen LogP contribution in [-0.4, -0.2) is 50.4 Å². The van der Waals surface area contributed by atoms with Gasteiger partial charge in [0, 0.05) is 44.7 Å². The first kappa shape index (κ1) is 24.5. The highest BCUT2D eigenvalue weighted by molar-refractivity contribution is 5.60. The molecule has 36 heavy (non-hydrogen) atoms. The van der Waals surface area contributed by atoms with Crippen LogP contribution >= 0.6 is 0 Å². The molecule has 0 radical (unpaired) electrons. The van der Waals surface area contributed by atoms with E-state index in [0.717, 1.165) is 75.7 Å². The topological polar surface area (TPSA) is 34.2 Å². The summed E-state index contributed by atoms with van der Waals surface area (Å²) >= 11 is 0. The average Bonchev–Trinajstić information content (AvgIpc) is 3.07. The van der Waals surface area contributed by atoms with Crippen LogP contribution in [0, 0.1) is 0 Å². The van der Waals surface area contributed by atoms with Gasteiger partial charge < -0.3 is 24.0 Å². The number of likely N-dealkylation sites (tertiary alicyclic amines) is 1. The summed E-state index contributed by atoms with van der Waals surface area (Å²) in [7, 11) is 1.71. The first-order valence-corrected chi connectivity index (χ1v) is 13.3. The maximum absolute atomic E-state index is 6.85. The van der Waals surface area contributed by atoms with Crippen molar-refractivity contribution in [2.45, 2.75) is 44.8 Å². The van der Waals surface area contributed by atoms with E-state index >= 15 is 0 Å². The Balaban J connectivity index is 1.24. The maximum Gasteiger partial charge on any atom is 0.143 e. The number of nitrogens with zero attached hydrogens (tertiary/aromatic N) is 2. The molecule has 0 N–H and O–H groups in total. The normalized spacial score (nSPS) is 17.2. The van der Waals surface area contributed by atoms with Crippen LogP contribution < -0.4 is 19.1 Å². The van der Waals surface area contributed by atoms with Crippen LogP contribution in [0.2, 0.25) is 0 Å². The summed E-state index contributed by atoms with van der Waals surface area (Å²) in [5, 5.41) is 0. The van der Waals surface area contributed by atoms with Crippen molar-refractivity contribution in [3.8, 4) is 17.2 Å². The van der Waals surface area contributed by atoms with Crippen molar-refractivity contribution in [1.29, 1.82) is 0 Å². The Morgan fingerprint density at radius 2 is 1.58 bits per heavy atom. The summed E-state index contributed by atoms with van der Waals surface area (Å²) in [6, 6.07) is 25.4. The van der Waals surface area contributed by atoms with Gasteiger partial charge in [-0.2, -0.15) is 0 Å². The number of hydrogen-bond acceptors (Lipinski definition) is 5. The number of benzene rings is 3. The lowest BCUT2D eigenvalue weighted by molar-refractivity contribution is 0.000176. The summed E-state index contributed by atoms with van der Waals surface area (Å²) in [6.07, 6.45) is 4.22. The fraction of sp³-hybridized carbons (Fsp3) is 0.419. The third-order valence-corrected chi connectivity index (χ3v) is 7.65. The zero-order chi connectivity index (χ0) is 24.8. The number of anilines is 1. The first-order chi connectivity index (χ1) is 17.7. The van der Waals surface area contributed by atoms with Crippen LogP contribution in [0.15, 0.2) is 72.8 Å². The third-order valence-electron chi connectivity index (χ3n) is 7.65. The number of ether oxygens (including phenoxy) is 3. The van der Waals surface area contributed by atoms with Crippen molar-refractivity contribution in [2.75, 3.05) is 44.8 Å². The molecular formula is C31H38N2O3. The Kier molecular flexibility index (Phi) is 7.66. The fourth-order valence-corrected chi connectivity index (χ4v) is 5.46. The minimum absolute atomic E-state index is 0.0963. The summed E-state index contributed by atoms with van der Waals surface area (Å²) in [5.74, 6) is 2.90. The minimum Gasteiger partial charge on any atom is -0.497 e. The van der Waals surface area contributed by atoms with Crippen molar-refractivity contribution in [3.63, 3.8) is 0 Å². The number of para-hydroxylation sites is 3. The van der Waals surface area contributed by atoms with Gasteiger partial charge in [-0.25, -0.2) is 0 Å². The van der Waals surface area contributed by atoms with Crippen molar-refractivity contribution in [1.82, 2.24) is 4.90 Å². The molecule has 0 unspecified atom stereocenters. The molecule has 2 heterocycles. The van der Waals surface area contributed by atoms with Crippen molar-refractivity contribution in [3.05, 3.63) is 83.9 Å². The molecule has 0 bridgehead atoms. The highest BCUT2D eigenvalue weighted by Gasteiger charge is 2.39. The SMILES string of the molecule is CCOc1ccccc1CN1CCC2(CCN(CCc3ccc(OC)cc3)CC2)Oc2ccccc21. The molecule has 0 aromatic heterocycles. The molecule has 2 aliphatic rings. The average molecular weight is 487 g/mol. The molecule has 3 aromatic carbocycles. The van der Waals surface area contributed by atoms with Gasteiger partial charge >= 0.3 is 0 Å². The molecule has 0 atom stereocenters. The molecule has 1 saturated heterocycles. The van der Waals surface area contributed by atoms with E-state index < -0.39 is 0 Å². The van der Waals surface area contributed by atoms with Crippen LogP contribution in [0.25, 0.3) is 0 Å². The van der Waals surface area contributed by atoms with E-state index in [9.17, 15) is 0 Å². The number of hydrogen-bond donors (Lipinski definition) is 0. The van der Waals surface area contributed by atoms with Crippen LogP contribution in [0.1, 0.15) is 37.3 Å². The summed E-state index contributed by atoms with van der Waals surface area (Å²) < 4.78 is 18.1. The summed E-state index contributed by atoms with van der Waals surface area (Å²) in [5.41, 5.74) is 3.67. The highest BCUT2D eigenvalue weighted by atomic mass is 16.5. The number of methoxy groups -OCH3 is 1. The molecule has 0 saturated carbocycles. The molecule has 3 aromatic rings. The van der Waals surface area contributed by atoms with E-state index in [0.29, 0.717) is 6.61 Å². The fourth-order valence-electron chi connectivity index (χ4n) is 5.46. The Morgan fingerprint density at radius 1 is 0.861 bits per heavy atom. The van der Waals surface area contributed by atoms with Crippen LogP contribution in [0.3, 0.4) is 0 Å². The third kappa shape index (κ3) is 5.62. The number of piperidine rings is 1. The predicted molar refractivity (Wildman–Crippen MR) is 145 cm³/mol. The maximum atomic E-state index is 6.85. The smallest absolute Gasteiger partial charge is 0.143 e. The van der Waals surface area contributed by atoms with E-state index in [1.165, 1.54) is 16.8 Å². The zero-order valence-corrected chi connectivity index (χ0v) is 21.6.